The molecule has 0 radical (unpaired) electrons. The Labute approximate surface area is 155 Å². The van der Waals surface area contributed by atoms with Crippen LogP contribution in [0, 0.1) is 0 Å². The predicted molar refractivity (Wildman–Crippen MR) is 113 cm³/mol. The van der Waals surface area contributed by atoms with Gasteiger partial charge >= 0.3 is 8.32 Å². The van der Waals surface area contributed by atoms with Crippen molar-refractivity contribution >= 4 is 29.5 Å². The summed E-state index contributed by atoms with van der Waals surface area (Å²) in [6.45, 7) is 4.18. The fourth-order valence-corrected chi connectivity index (χ4v) is 6.35. The molecule has 4 rings (SSSR count). The van der Waals surface area contributed by atoms with Crippen LogP contribution in [0.1, 0.15) is 0 Å². The number of benzene rings is 4. The molecule has 0 atom stereocenters. The summed E-state index contributed by atoms with van der Waals surface area (Å²) in [6.07, 6.45) is 0. The van der Waals surface area contributed by atoms with Gasteiger partial charge in [-0.25, -0.2) is 0 Å². The molecule has 0 N–H and O–H groups in total. The van der Waals surface area contributed by atoms with E-state index in [1.54, 1.807) is 0 Å². The van der Waals surface area contributed by atoms with Crippen molar-refractivity contribution in [2.24, 2.45) is 0 Å². The van der Waals surface area contributed by atoms with Crippen LogP contribution in [0.2, 0.25) is 0 Å². The highest BCUT2D eigenvalue weighted by molar-refractivity contribution is 7.01. The van der Waals surface area contributed by atoms with E-state index in [4.69, 9.17) is 4.43 Å². The topological polar surface area (TPSA) is 9.23 Å². The molecular weight excluding hydrogens is 332 g/mol. The van der Waals surface area contributed by atoms with Gasteiger partial charge in [-0.3, -0.25) is 0 Å². The van der Waals surface area contributed by atoms with E-state index in [0.29, 0.717) is 0 Å². The maximum absolute atomic E-state index is 6.75. The van der Waals surface area contributed by atoms with E-state index >= 15 is 0 Å². The summed E-state index contributed by atoms with van der Waals surface area (Å²) in [5.74, 6) is 0.878. The van der Waals surface area contributed by atoms with Gasteiger partial charge in [-0.15, -0.1) is 6.58 Å². The van der Waals surface area contributed by atoms with E-state index in [1.165, 1.54) is 21.1 Å². The number of rotatable bonds is 5. The molecule has 0 aliphatic carbocycles. The van der Waals surface area contributed by atoms with Crippen LogP contribution in [-0.4, -0.2) is 8.32 Å². The molecular formula is C24H20OSi. The highest BCUT2D eigenvalue weighted by Crippen LogP contribution is 2.23. The first kappa shape index (κ1) is 16.4. The second-order valence-corrected chi connectivity index (χ2v) is 9.52. The maximum Gasteiger partial charge on any atom is 0.339 e. The van der Waals surface area contributed by atoms with Gasteiger partial charge in [-0.05, 0) is 33.3 Å². The number of hydrogen-bond acceptors (Lipinski definition) is 1. The third kappa shape index (κ3) is 2.96. The van der Waals surface area contributed by atoms with Crippen molar-refractivity contribution in [3.63, 3.8) is 0 Å². The molecule has 26 heavy (non-hydrogen) atoms. The van der Waals surface area contributed by atoms with E-state index in [1.807, 2.05) is 17.8 Å². The first-order chi connectivity index (χ1) is 12.8. The molecule has 0 spiro atoms. The summed E-state index contributed by atoms with van der Waals surface area (Å²) >= 11 is 0. The molecule has 0 saturated carbocycles. The maximum atomic E-state index is 6.75. The van der Waals surface area contributed by atoms with Crippen LogP contribution in [0.15, 0.2) is 115 Å². The van der Waals surface area contributed by atoms with Gasteiger partial charge < -0.3 is 4.43 Å². The van der Waals surface area contributed by atoms with E-state index in [9.17, 15) is 0 Å². The summed E-state index contributed by atoms with van der Waals surface area (Å²) in [5.41, 5.74) is 2.02. The predicted octanol–water partition coefficient (Wildman–Crippen LogP) is 4.70. The fourth-order valence-electron chi connectivity index (χ4n) is 3.35. The summed E-state index contributed by atoms with van der Waals surface area (Å²) in [7, 11) is -2.59. The minimum atomic E-state index is -2.59. The van der Waals surface area contributed by atoms with Crippen LogP contribution in [0.3, 0.4) is 0 Å². The summed E-state index contributed by atoms with van der Waals surface area (Å²) in [4.78, 5) is 0. The third-order valence-electron chi connectivity index (χ3n) is 4.69. The van der Waals surface area contributed by atoms with Crippen LogP contribution < -0.4 is 14.8 Å². The molecule has 1 nitrogen and oxygen atoms in total. The lowest BCUT2D eigenvalue weighted by atomic mass is 10.1. The van der Waals surface area contributed by atoms with Crippen LogP contribution in [0.4, 0.5) is 0 Å². The van der Waals surface area contributed by atoms with Gasteiger partial charge in [-0.1, -0.05) is 96.7 Å². The highest BCUT2D eigenvalue weighted by atomic mass is 28.4. The molecule has 0 amide bonds. The molecule has 0 heterocycles. The average Bonchev–Trinajstić information content (AvgIpc) is 2.73. The lowest BCUT2D eigenvalue weighted by Crippen LogP contribution is -2.62. The zero-order chi connectivity index (χ0) is 17.8. The molecule has 0 fully saturated rings. The van der Waals surface area contributed by atoms with Gasteiger partial charge in [0.05, 0.1) is 0 Å². The quantitative estimate of drug-likeness (QED) is 0.473. The minimum absolute atomic E-state index is 0.878. The van der Waals surface area contributed by atoms with Crippen molar-refractivity contribution in [3.8, 4) is 5.75 Å². The highest BCUT2D eigenvalue weighted by Gasteiger charge is 2.38. The van der Waals surface area contributed by atoms with Gasteiger partial charge in [0.2, 0.25) is 0 Å². The molecule has 0 aromatic heterocycles. The first-order valence-corrected chi connectivity index (χ1v) is 10.7. The summed E-state index contributed by atoms with van der Waals surface area (Å²) < 4.78 is 6.75. The van der Waals surface area contributed by atoms with E-state index < -0.39 is 8.32 Å². The van der Waals surface area contributed by atoms with Crippen molar-refractivity contribution in [1.82, 2.24) is 0 Å². The zero-order valence-electron chi connectivity index (χ0n) is 14.5. The second kappa shape index (κ2) is 7.02. The molecule has 2 heteroatoms. The fraction of sp³-hybridized carbons (Fsp3) is 0. The Morgan fingerprint density at radius 2 is 1.15 bits per heavy atom. The van der Waals surface area contributed by atoms with Crippen molar-refractivity contribution < 1.29 is 4.43 Å². The standard InChI is InChI=1S/C24H20OSi/c1-2-26(23-13-5-3-6-14-23,24-15-7-4-8-16-24)25-22-18-17-20-11-9-10-12-21(20)19-22/h2-19H,1H2. The van der Waals surface area contributed by atoms with Gasteiger partial charge in [0, 0.05) is 0 Å². The minimum Gasteiger partial charge on any atom is -0.531 e. The SMILES string of the molecule is C=C[Si](Oc1ccc2ccccc2c1)(c1ccccc1)c1ccccc1. The Morgan fingerprint density at radius 3 is 1.73 bits per heavy atom. The monoisotopic (exact) mass is 352 g/mol. The van der Waals surface area contributed by atoms with Crippen molar-refractivity contribution in [2.45, 2.75) is 0 Å². The molecule has 126 valence electrons. The Balaban J connectivity index is 1.86. The van der Waals surface area contributed by atoms with Crippen LogP contribution in [0.5, 0.6) is 5.75 Å². The normalized spacial score (nSPS) is 11.2. The van der Waals surface area contributed by atoms with E-state index in [2.05, 4.69) is 97.6 Å². The molecule has 0 aliphatic rings. The van der Waals surface area contributed by atoms with Gasteiger partial charge in [0.15, 0.2) is 0 Å². The molecule has 0 aliphatic heterocycles. The van der Waals surface area contributed by atoms with Crippen LogP contribution in [-0.2, 0) is 0 Å². The Kier molecular flexibility index (Phi) is 4.42. The van der Waals surface area contributed by atoms with Crippen LogP contribution >= 0.6 is 0 Å². The molecule has 4 aromatic rings. The first-order valence-electron chi connectivity index (χ1n) is 8.74. The Hall–Kier alpha value is -3.10. The second-order valence-electron chi connectivity index (χ2n) is 6.28. The van der Waals surface area contributed by atoms with Crippen molar-refractivity contribution in [1.29, 1.82) is 0 Å². The van der Waals surface area contributed by atoms with Gasteiger partial charge in [0.25, 0.3) is 0 Å². The summed E-state index contributed by atoms with van der Waals surface area (Å²) in [5, 5.41) is 4.77. The van der Waals surface area contributed by atoms with Gasteiger partial charge in [-0.2, -0.15) is 0 Å². The lowest BCUT2D eigenvalue weighted by Gasteiger charge is -2.30. The Morgan fingerprint density at radius 1 is 0.615 bits per heavy atom. The zero-order valence-corrected chi connectivity index (χ0v) is 15.5. The Bertz CT molecular complexity index is 986. The molecule has 0 unspecified atom stereocenters. The number of hydrogen-bond donors (Lipinski definition) is 0. The van der Waals surface area contributed by atoms with E-state index in [0.717, 1.165) is 5.75 Å². The lowest BCUT2D eigenvalue weighted by molar-refractivity contribution is 0.577. The third-order valence-corrected chi connectivity index (χ3v) is 8.21. The average molecular weight is 353 g/mol. The molecule has 4 aromatic carbocycles. The number of fused-ring (bicyclic) bond motifs is 1. The summed E-state index contributed by atoms with van der Waals surface area (Å²) in [6, 6.07) is 35.5. The van der Waals surface area contributed by atoms with E-state index in [-0.39, 0.29) is 0 Å². The largest absolute Gasteiger partial charge is 0.531 e. The molecule has 0 saturated heterocycles. The van der Waals surface area contributed by atoms with Gasteiger partial charge in [0.1, 0.15) is 5.75 Å². The van der Waals surface area contributed by atoms with Crippen molar-refractivity contribution in [3.05, 3.63) is 115 Å². The van der Waals surface area contributed by atoms with Crippen LogP contribution in [0.25, 0.3) is 10.8 Å². The smallest absolute Gasteiger partial charge is 0.339 e. The van der Waals surface area contributed by atoms with Crippen molar-refractivity contribution in [2.75, 3.05) is 0 Å². The molecule has 0 bridgehead atoms.